The molecule has 0 spiro atoms. The zero-order chi connectivity index (χ0) is 12.8. The van der Waals surface area contributed by atoms with Gasteiger partial charge < -0.3 is 0 Å². The lowest BCUT2D eigenvalue weighted by molar-refractivity contribution is 0.101. The van der Waals surface area contributed by atoms with E-state index >= 15 is 0 Å². The molecule has 1 aromatic rings. The molecule has 4 nitrogen and oxygen atoms in total. The van der Waals surface area contributed by atoms with Crippen molar-refractivity contribution in [3.8, 4) is 0 Å². The molecular weight excluding hydrogens is 269 g/mol. The van der Waals surface area contributed by atoms with E-state index in [1.54, 1.807) is 6.92 Å². The molecular formula is C10H9ClFNO3S. The molecule has 7 heteroatoms. The highest BCUT2D eigenvalue weighted by atomic mass is 35.5. The first-order valence-corrected chi connectivity index (χ1v) is 6.88. The van der Waals surface area contributed by atoms with E-state index in [1.807, 2.05) is 0 Å². The number of benzene rings is 1. The largest absolute Gasteiger partial charge is 0.293 e. The van der Waals surface area contributed by atoms with E-state index in [0.717, 1.165) is 10.4 Å². The number of fused-ring (bicyclic) bond motifs is 1. The van der Waals surface area contributed by atoms with E-state index in [0.29, 0.717) is 0 Å². The minimum absolute atomic E-state index is 0.0220. The van der Waals surface area contributed by atoms with Crippen molar-refractivity contribution >= 4 is 33.1 Å². The second-order valence-electron chi connectivity index (χ2n) is 3.63. The molecule has 0 fully saturated rings. The van der Waals surface area contributed by atoms with Crippen LogP contribution in [-0.4, -0.2) is 26.5 Å². The molecule has 1 aliphatic heterocycles. The van der Waals surface area contributed by atoms with Crippen LogP contribution in [0, 0.1) is 5.82 Å². The Morgan fingerprint density at radius 3 is 2.71 bits per heavy atom. The smallest absolute Gasteiger partial charge is 0.242 e. The topological polar surface area (TPSA) is 54.5 Å². The molecule has 0 saturated carbocycles. The Labute approximate surface area is 103 Å². The number of hydrogen-bond acceptors (Lipinski definition) is 3. The molecule has 1 aliphatic rings. The molecule has 0 atom stereocenters. The second kappa shape index (κ2) is 3.96. The van der Waals surface area contributed by atoms with E-state index in [9.17, 15) is 17.6 Å². The summed E-state index contributed by atoms with van der Waals surface area (Å²) in [5.41, 5.74) is -0.181. The van der Waals surface area contributed by atoms with Crippen LogP contribution in [0.3, 0.4) is 0 Å². The Morgan fingerprint density at radius 1 is 1.47 bits per heavy atom. The standard InChI is InChI=1S/C10H9ClFNO3S/c1-2-13-8-4-6(11)3-7(12)10(8)9(14)5-17(13,15)16/h3-4H,2,5H2,1H3. The van der Waals surface area contributed by atoms with Crippen LogP contribution in [0.4, 0.5) is 10.1 Å². The predicted molar refractivity (Wildman–Crippen MR) is 62.5 cm³/mol. The fourth-order valence-corrected chi connectivity index (χ4v) is 3.53. The van der Waals surface area contributed by atoms with Crippen LogP contribution >= 0.6 is 11.6 Å². The Hall–Kier alpha value is -1.14. The highest BCUT2D eigenvalue weighted by Gasteiger charge is 2.36. The van der Waals surface area contributed by atoms with Crippen LogP contribution in [-0.2, 0) is 10.0 Å². The van der Waals surface area contributed by atoms with Crippen molar-refractivity contribution in [1.29, 1.82) is 0 Å². The van der Waals surface area contributed by atoms with Crippen LogP contribution in [0.1, 0.15) is 17.3 Å². The molecule has 1 aromatic carbocycles. The van der Waals surface area contributed by atoms with E-state index < -0.39 is 27.4 Å². The van der Waals surface area contributed by atoms with Crippen molar-refractivity contribution in [2.45, 2.75) is 6.92 Å². The van der Waals surface area contributed by atoms with Gasteiger partial charge in [-0.3, -0.25) is 9.10 Å². The SMILES string of the molecule is CCN1c2cc(Cl)cc(F)c2C(=O)CS1(=O)=O. The molecule has 0 saturated heterocycles. The number of halogens is 2. The summed E-state index contributed by atoms with van der Waals surface area (Å²) in [6.07, 6.45) is 0. The fraction of sp³-hybridized carbons (Fsp3) is 0.300. The normalized spacial score (nSPS) is 18.1. The van der Waals surface area contributed by atoms with Crippen molar-refractivity contribution in [2.75, 3.05) is 16.6 Å². The molecule has 0 aliphatic carbocycles. The molecule has 1 heterocycles. The van der Waals surface area contributed by atoms with Gasteiger partial charge in [0.05, 0.1) is 11.3 Å². The van der Waals surface area contributed by atoms with Gasteiger partial charge in [-0.05, 0) is 19.1 Å². The van der Waals surface area contributed by atoms with E-state index in [1.165, 1.54) is 6.07 Å². The second-order valence-corrected chi connectivity index (χ2v) is 5.96. The quantitative estimate of drug-likeness (QED) is 0.787. The Balaban J connectivity index is 2.77. The predicted octanol–water partition coefficient (Wildman–Crippen LogP) is 1.83. The third-order valence-electron chi connectivity index (χ3n) is 2.52. The van der Waals surface area contributed by atoms with Gasteiger partial charge in [0.1, 0.15) is 11.6 Å². The van der Waals surface area contributed by atoms with Gasteiger partial charge in [-0.2, -0.15) is 0 Å². The van der Waals surface area contributed by atoms with Crippen molar-refractivity contribution in [3.05, 3.63) is 28.5 Å². The minimum atomic E-state index is -3.71. The molecule has 2 rings (SSSR count). The summed E-state index contributed by atoms with van der Waals surface area (Å²) in [4.78, 5) is 11.6. The van der Waals surface area contributed by atoms with E-state index in [4.69, 9.17) is 11.6 Å². The lowest BCUT2D eigenvalue weighted by Crippen LogP contribution is -2.41. The number of hydrogen-bond donors (Lipinski definition) is 0. The van der Waals surface area contributed by atoms with E-state index in [2.05, 4.69) is 0 Å². The summed E-state index contributed by atoms with van der Waals surface area (Å²) < 4.78 is 38.1. The Kier molecular flexibility index (Phi) is 2.87. The molecule has 0 amide bonds. The maximum atomic E-state index is 13.6. The molecule has 0 N–H and O–H groups in total. The molecule has 0 aromatic heterocycles. The number of ketones is 1. The fourth-order valence-electron chi connectivity index (χ4n) is 1.87. The third kappa shape index (κ3) is 1.91. The number of sulfonamides is 1. The molecule has 17 heavy (non-hydrogen) atoms. The maximum Gasteiger partial charge on any atom is 0.242 e. The summed E-state index contributed by atoms with van der Waals surface area (Å²) in [5.74, 6) is -2.23. The number of Topliss-reactive ketones (excluding diaryl/α,β-unsaturated/α-hetero) is 1. The summed E-state index contributed by atoms with van der Waals surface area (Å²) >= 11 is 5.67. The third-order valence-corrected chi connectivity index (χ3v) is 4.49. The van der Waals surface area contributed by atoms with Crippen LogP contribution < -0.4 is 4.31 Å². The number of anilines is 1. The minimum Gasteiger partial charge on any atom is -0.293 e. The highest BCUT2D eigenvalue weighted by molar-refractivity contribution is 7.93. The van der Waals surface area contributed by atoms with Crippen LogP contribution in [0.15, 0.2) is 12.1 Å². The highest BCUT2D eigenvalue weighted by Crippen LogP contribution is 2.33. The first-order chi connectivity index (χ1) is 7.86. The number of nitrogens with zero attached hydrogens (tertiary/aromatic N) is 1. The monoisotopic (exact) mass is 277 g/mol. The maximum absolute atomic E-state index is 13.6. The average molecular weight is 278 g/mol. The van der Waals surface area contributed by atoms with Crippen LogP contribution in [0.2, 0.25) is 5.02 Å². The van der Waals surface area contributed by atoms with Gasteiger partial charge in [-0.1, -0.05) is 11.6 Å². The molecule has 0 unspecified atom stereocenters. The van der Waals surface area contributed by atoms with Gasteiger partial charge in [-0.15, -0.1) is 0 Å². The molecule has 92 valence electrons. The number of carbonyl (C=O) groups is 1. The zero-order valence-corrected chi connectivity index (χ0v) is 10.5. The summed E-state index contributed by atoms with van der Waals surface area (Å²) in [6, 6.07) is 2.29. The zero-order valence-electron chi connectivity index (χ0n) is 8.91. The number of rotatable bonds is 1. The Bertz CT molecular complexity index is 600. The first-order valence-electron chi connectivity index (χ1n) is 4.89. The van der Waals surface area contributed by atoms with Gasteiger partial charge >= 0.3 is 0 Å². The van der Waals surface area contributed by atoms with Gasteiger partial charge in [0.25, 0.3) is 0 Å². The molecule has 0 radical (unpaired) electrons. The lowest BCUT2D eigenvalue weighted by atomic mass is 10.1. The lowest BCUT2D eigenvalue weighted by Gasteiger charge is -2.29. The van der Waals surface area contributed by atoms with Gasteiger partial charge in [0.15, 0.2) is 5.78 Å². The van der Waals surface area contributed by atoms with Crippen molar-refractivity contribution < 1.29 is 17.6 Å². The summed E-state index contributed by atoms with van der Waals surface area (Å²) in [7, 11) is -3.71. The van der Waals surface area contributed by atoms with Crippen LogP contribution in [0.5, 0.6) is 0 Å². The Morgan fingerprint density at radius 2 is 2.12 bits per heavy atom. The van der Waals surface area contributed by atoms with Crippen molar-refractivity contribution in [3.63, 3.8) is 0 Å². The van der Waals surface area contributed by atoms with Crippen LogP contribution in [0.25, 0.3) is 0 Å². The van der Waals surface area contributed by atoms with E-state index in [-0.39, 0.29) is 22.8 Å². The van der Waals surface area contributed by atoms with Crippen molar-refractivity contribution in [2.24, 2.45) is 0 Å². The summed E-state index contributed by atoms with van der Waals surface area (Å²) in [6.45, 7) is 1.73. The average Bonchev–Trinajstić information content (AvgIpc) is 2.14. The van der Waals surface area contributed by atoms with Gasteiger partial charge in [0, 0.05) is 11.6 Å². The molecule has 0 bridgehead atoms. The van der Waals surface area contributed by atoms with Gasteiger partial charge in [-0.25, -0.2) is 12.8 Å². The van der Waals surface area contributed by atoms with Gasteiger partial charge in [0.2, 0.25) is 10.0 Å². The first kappa shape index (κ1) is 12.3. The summed E-state index contributed by atoms with van der Waals surface area (Å²) in [5, 5.41) is 0.0598. The van der Waals surface area contributed by atoms with Crippen molar-refractivity contribution in [1.82, 2.24) is 0 Å². The number of carbonyl (C=O) groups excluding carboxylic acids is 1.